The fourth-order valence-corrected chi connectivity index (χ4v) is 2.11. The summed E-state index contributed by atoms with van der Waals surface area (Å²) in [5.41, 5.74) is 6.35. The lowest BCUT2D eigenvalue weighted by Gasteiger charge is -2.09. The van der Waals surface area contributed by atoms with Crippen molar-refractivity contribution in [3.63, 3.8) is 0 Å². The van der Waals surface area contributed by atoms with Crippen LogP contribution in [0.4, 0.5) is 11.4 Å². The molecule has 0 saturated carbocycles. The van der Waals surface area contributed by atoms with Gasteiger partial charge in [0.25, 0.3) is 5.69 Å². The number of nitrogens with one attached hydrogen (secondary N) is 1. The zero-order valence-electron chi connectivity index (χ0n) is 12.8. The van der Waals surface area contributed by atoms with Crippen LogP contribution in [0.5, 0.6) is 0 Å². The van der Waals surface area contributed by atoms with Gasteiger partial charge in [-0.15, -0.1) is 0 Å². The van der Waals surface area contributed by atoms with E-state index in [1.165, 1.54) is 19.2 Å². The van der Waals surface area contributed by atoms with Crippen LogP contribution in [-0.4, -0.2) is 23.9 Å². The molecule has 0 bridgehead atoms. The van der Waals surface area contributed by atoms with E-state index >= 15 is 0 Å². The van der Waals surface area contributed by atoms with Crippen LogP contribution in [0.2, 0.25) is 0 Å². The van der Waals surface area contributed by atoms with E-state index in [2.05, 4.69) is 10.1 Å². The lowest BCUT2D eigenvalue weighted by molar-refractivity contribution is -0.385. The highest BCUT2D eigenvalue weighted by Crippen LogP contribution is 2.22. The third kappa shape index (κ3) is 3.86. The Kier molecular flexibility index (Phi) is 5.10. The molecule has 0 heterocycles. The van der Waals surface area contributed by atoms with Gasteiger partial charge in [0.15, 0.2) is 0 Å². The molecule has 0 aromatic heterocycles. The molecule has 0 spiro atoms. The van der Waals surface area contributed by atoms with Crippen LogP contribution < -0.4 is 11.1 Å². The summed E-state index contributed by atoms with van der Waals surface area (Å²) in [6, 6.07) is 10.6. The highest BCUT2D eigenvalue weighted by molar-refractivity contribution is 5.93. The van der Waals surface area contributed by atoms with Crippen molar-refractivity contribution in [2.75, 3.05) is 12.4 Å². The lowest BCUT2D eigenvalue weighted by Crippen LogP contribution is -2.12. The number of methoxy groups -OCH3 is 1. The van der Waals surface area contributed by atoms with Gasteiger partial charge in [-0.2, -0.15) is 0 Å². The number of carbonyl (C=O) groups is 2. The van der Waals surface area contributed by atoms with E-state index in [1.54, 1.807) is 24.3 Å². The second kappa shape index (κ2) is 7.23. The van der Waals surface area contributed by atoms with Crippen molar-refractivity contribution in [2.24, 2.45) is 5.73 Å². The first-order valence-electron chi connectivity index (χ1n) is 6.91. The maximum atomic E-state index is 11.5. The number of nitrogens with zero attached hydrogens (tertiary/aromatic N) is 1. The second-order valence-corrected chi connectivity index (χ2v) is 4.89. The van der Waals surface area contributed by atoms with Crippen LogP contribution in [0.25, 0.3) is 0 Å². The quantitative estimate of drug-likeness (QED) is 0.475. The van der Waals surface area contributed by atoms with E-state index in [9.17, 15) is 19.7 Å². The molecule has 8 heteroatoms. The van der Waals surface area contributed by atoms with Gasteiger partial charge in [0.1, 0.15) is 0 Å². The largest absolute Gasteiger partial charge is 0.465 e. The smallest absolute Gasteiger partial charge is 0.337 e. The van der Waals surface area contributed by atoms with Crippen molar-refractivity contribution < 1.29 is 19.2 Å². The molecule has 0 atom stereocenters. The topological polar surface area (TPSA) is 125 Å². The number of amides is 1. The summed E-state index contributed by atoms with van der Waals surface area (Å²) in [4.78, 5) is 33.2. The molecule has 24 heavy (non-hydrogen) atoms. The number of hydrogen-bond donors (Lipinski definition) is 2. The predicted octanol–water partition coefficient (Wildman–Crippen LogP) is 2.09. The van der Waals surface area contributed by atoms with Crippen molar-refractivity contribution in [1.82, 2.24) is 0 Å². The molecular formula is C16H15N3O5. The minimum atomic E-state index is -0.733. The van der Waals surface area contributed by atoms with Crippen LogP contribution in [0.3, 0.4) is 0 Å². The molecule has 0 unspecified atom stereocenters. The number of nitro groups is 1. The predicted molar refractivity (Wildman–Crippen MR) is 86.7 cm³/mol. The summed E-state index contributed by atoms with van der Waals surface area (Å²) in [5, 5.41) is 14.2. The van der Waals surface area contributed by atoms with E-state index in [4.69, 9.17) is 5.73 Å². The zero-order valence-corrected chi connectivity index (χ0v) is 12.8. The normalized spacial score (nSPS) is 10.0. The fourth-order valence-electron chi connectivity index (χ4n) is 2.11. The van der Waals surface area contributed by atoms with Gasteiger partial charge in [-0.1, -0.05) is 6.07 Å². The van der Waals surface area contributed by atoms with Gasteiger partial charge in [-0.25, -0.2) is 4.79 Å². The number of anilines is 1. The molecule has 2 aromatic rings. The summed E-state index contributed by atoms with van der Waals surface area (Å²) in [6.07, 6.45) is 0. The SMILES string of the molecule is COC(=O)c1cccc(NCc2ccc(C(N)=O)cc2[N+](=O)[O-])c1. The van der Waals surface area contributed by atoms with Crippen LogP contribution in [-0.2, 0) is 11.3 Å². The van der Waals surface area contributed by atoms with Crippen molar-refractivity contribution in [3.05, 3.63) is 69.3 Å². The van der Waals surface area contributed by atoms with Crippen LogP contribution in [0, 0.1) is 10.1 Å². The third-order valence-electron chi connectivity index (χ3n) is 3.33. The molecule has 2 rings (SSSR count). The highest BCUT2D eigenvalue weighted by atomic mass is 16.6. The van der Waals surface area contributed by atoms with Gasteiger partial charge in [-0.05, 0) is 30.3 Å². The molecule has 0 aliphatic heterocycles. The molecule has 124 valence electrons. The summed E-state index contributed by atoms with van der Waals surface area (Å²) in [5.74, 6) is -1.21. The molecule has 0 saturated heterocycles. The molecule has 2 aromatic carbocycles. The zero-order chi connectivity index (χ0) is 17.7. The summed E-state index contributed by atoms with van der Waals surface area (Å²) in [7, 11) is 1.28. The number of ether oxygens (including phenoxy) is 1. The van der Waals surface area contributed by atoms with E-state index in [0.29, 0.717) is 16.8 Å². The van der Waals surface area contributed by atoms with Crippen molar-refractivity contribution in [2.45, 2.75) is 6.54 Å². The van der Waals surface area contributed by atoms with Crippen LogP contribution in [0.1, 0.15) is 26.3 Å². The van der Waals surface area contributed by atoms with Crippen molar-refractivity contribution in [1.29, 1.82) is 0 Å². The first-order chi connectivity index (χ1) is 11.4. The molecular weight excluding hydrogens is 314 g/mol. The molecule has 0 fully saturated rings. The number of carbonyl (C=O) groups excluding carboxylic acids is 2. The fraction of sp³-hybridized carbons (Fsp3) is 0.125. The van der Waals surface area contributed by atoms with Crippen molar-refractivity contribution >= 4 is 23.3 Å². The Bertz CT molecular complexity index is 804. The van der Waals surface area contributed by atoms with Gasteiger partial charge >= 0.3 is 5.97 Å². The first-order valence-corrected chi connectivity index (χ1v) is 6.91. The monoisotopic (exact) mass is 329 g/mol. The Hall–Kier alpha value is -3.42. The number of nitro benzene ring substituents is 1. The molecule has 0 aliphatic rings. The minimum Gasteiger partial charge on any atom is -0.465 e. The Balaban J connectivity index is 2.21. The second-order valence-electron chi connectivity index (χ2n) is 4.89. The Morgan fingerprint density at radius 1 is 1.21 bits per heavy atom. The number of hydrogen-bond acceptors (Lipinski definition) is 6. The molecule has 0 radical (unpaired) electrons. The average Bonchev–Trinajstić information content (AvgIpc) is 2.59. The standard InChI is InChI=1S/C16H15N3O5/c1-24-16(21)11-3-2-4-13(7-11)18-9-12-6-5-10(15(17)20)8-14(12)19(22)23/h2-8,18H,9H2,1H3,(H2,17,20). The summed E-state index contributed by atoms with van der Waals surface area (Å²) < 4.78 is 4.64. The van der Waals surface area contributed by atoms with Crippen LogP contribution in [0.15, 0.2) is 42.5 Å². The number of rotatable bonds is 6. The third-order valence-corrected chi connectivity index (χ3v) is 3.33. The Morgan fingerprint density at radius 2 is 1.96 bits per heavy atom. The van der Waals surface area contributed by atoms with Crippen LogP contribution >= 0.6 is 0 Å². The first kappa shape index (κ1) is 16.9. The minimum absolute atomic E-state index is 0.0677. The lowest BCUT2D eigenvalue weighted by atomic mass is 10.1. The number of esters is 1. The molecule has 3 N–H and O–H groups in total. The Labute approximate surface area is 137 Å². The van der Waals surface area contributed by atoms with E-state index in [1.807, 2.05) is 0 Å². The van der Waals surface area contributed by atoms with E-state index in [-0.39, 0.29) is 17.8 Å². The summed E-state index contributed by atoms with van der Waals surface area (Å²) >= 11 is 0. The van der Waals surface area contributed by atoms with Gasteiger partial charge in [0.05, 0.1) is 17.6 Å². The molecule has 0 aliphatic carbocycles. The maximum Gasteiger partial charge on any atom is 0.337 e. The molecule has 1 amide bonds. The maximum absolute atomic E-state index is 11.5. The van der Waals surface area contributed by atoms with E-state index in [0.717, 1.165) is 6.07 Å². The van der Waals surface area contributed by atoms with Gasteiger partial charge in [-0.3, -0.25) is 14.9 Å². The molecule has 8 nitrogen and oxygen atoms in total. The van der Waals surface area contributed by atoms with Gasteiger partial charge in [0.2, 0.25) is 5.91 Å². The summed E-state index contributed by atoms with van der Waals surface area (Å²) in [6.45, 7) is 0.139. The Morgan fingerprint density at radius 3 is 2.58 bits per heavy atom. The van der Waals surface area contributed by atoms with Crippen molar-refractivity contribution in [3.8, 4) is 0 Å². The number of primary amides is 1. The average molecular weight is 329 g/mol. The van der Waals surface area contributed by atoms with Gasteiger partial charge in [0, 0.05) is 29.4 Å². The van der Waals surface area contributed by atoms with Gasteiger partial charge < -0.3 is 15.8 Å². The number of nitrogens with two attached hydrogens (primary N) is 1. The van der Waals surface area contributed by atoms with E-state index < -0.39 is 16.8 Å². The highest BCUT2D eigenvalue weighted by Gasteiger charge is 2.16. The number of benzene rings is 2.